The first-order valence-corrected chi connectivity index (χ1v) is 13.3. The lowest BCUT2D eigenvalue weighted by Gasteiger charge is -2.31. The number of methoxy groups -OCH3 is 1. The molecule has 2 aromatic heterocycles. The highest BCUT2D eigenvalue weighted by Crippen LogP contribution is 2.33. The molecule has 1 amide bonds. The van der Waals surface area contributed by atoms with E-state index in [9.17, 15) is 18.0 Å². The van der Waals surface area contributed by atoms with Crippen LogP contribution in [0.3, 0.4) is 0 Å². The summed E-state index contributed by atoms with van der Waals surface area (Å²) < 4.78 is 34.9. The van der Waals surface area contributed by atoms with Crippen molar-refractivity contribution in [2.75, 3.05) is 20.2 Å². The van der Waals surface area contributed by atoms with Gasteiger partial charge in [0.05, 0.1) is 17.6 Å². The summed E-state index contributed by atoms with van der Waals surface area (Å²) in [5.74, 6) is 0.438. The molecule has 13 heteroatoms. The number of aromatic nitrogens is 4. The van der Waals surface area contributed by atoms with Crippen LogP contribution < -0.4 is 15.6 Å². The summed E-state index contributed by atoms with van der Waals surface area (Å²) in [5, 5.41) is 16.2. The molecule has 0 radical (unpaired) electrons. The number of amides is 1. The van der Waals surface area contributed by atoms with E-state index < -0.39 is 16.1 Å². The number of aromatic amines is 1. The number of carbonyl (C=O) groups is 1. The predicted molar refractivity (Wildman–Crippen MR) is 139 cm³/mol. The Hall–Kier alpha value is -4.23. The van der Waals surface area contributed by atoms with Gasteiger partial charge in [-0.2, -0.15) is 9.40 Å². The second-order valence-corrected chi connectivity index (χ2v) is 10.9. The van der Waals surface area contributed by atoms with Crippen molar-refractivity contribution >= 4 is 27.1 Å². The van der Waals surface area contributed by atoms with Crippen molar-refractivity contribution in [3.05, 3.63) is 58.9 Å². The fourth-order valence-corrected chi connectivity index (χ4v) is 6.16. The Bertz CT molecular complexity index is 1670. The number of nitrogens with zero attached hydrogens (tertiary/aromatic N) is 4. The molecule has 12 nitrogen and oxygen atoms in total. The topological polar surface area (TPSA) is 160 Å². The lowest BCUT2D eigenvalue weighted by molar-refractivity contribution is 0.183. The van der Waals surface area contributed by atoms with Crippen LogP contribution in [-0.4, -0.2) is 69.9 Å². The summed E-state index contributed by atoms with van der Waals surface area (Å²) in [7, 11) is -0.740. The smallest absolute Gasteiger partial charge is 0.404 e. The van der Waals surface area contributed by atoms with E-state index in [2.05, 4.69) is 20.4 Å². The van der Waals surface area contributed by atoms with Crippen molar-refractivity contribution in [3.63, 3.8) is 0 Å². The summed E-state index contributed by atoms with van der Waals surface area (Å²) in [4.78, 5) is 31.5. The number of aryl methyl sites for hydroxylation is 1. The molecular formula is C25H26N6O6S. The summed E-state index contributed by atoms with van der Waals surface area (Å²) in [6.07, 6.45) is -0.373. The molecule has 1 aliphatic heterocycles. The molecule has 3 N–H and O–H groups in total. The third-order valence-electron chi connectivity index (χ3n) is 6.59. The quantitative estimate of drug-likeness (QED) is 0.337. The molecular weight excluding hydrogens is 512 g/mol. The minimum absolute atomic E-state index is 0.0260. The lowest BCUT2D eigenvalue weighted by Crippen LogP contribution is -2.46. The number of benzene rings is 2. The normalized spacial score (nSPS) is 15.0. The molecule has 2 aromatic carbocycles. The van der Waals surface area contributed by atoms with Gasteiger partial charge in [-0.15, -0.1) is 0 Å². The number of hydrogen-bond acceptors (Lipinski definition) is 7. The number of fused-ring (bicyclic) bond motifs is 1. The van der Waals surface area contributed by atoms with Crippen LogP contribution in [0.15, 0.2) is 58.2 Å². The Balaban J connectivity index is 1.49. The zero-order chi connectivity index (χ0) is 27.0. The lowest BCUT2D eigenvalue weighted by atomic mass is 10.1. The molecule has 4 aromatic rings. The van der Waals surface area contributed by atoms with Crippen molar-refractivity contribution in [3.8, 4) is 28.4 Å². The Morgan fingerprint density at radius 1 is 1.16 bits per heavy atom. The Labute approximate surface area is 217 Å². The molecule has 5 rings (SSSR count). The summed E-state index contributed by atoms with van der Waals surface area (Å²) in [5.41, 5.74) is 1.71. The van der Waals surface area contributed by atoms with E-state index in [4.69, 9.17) is 9.84 Å². The molecule has 0 bridgehead atoms. The van der Waals surface area contributed by atoms with Crippen molar-refractivity contribution in [2.45, 2.75) is 23.8 Å². The molecule has 38 heavy (non-hydrogen) atoms. The number of hydrogen-bond donors (Lipinski definition) is 3. The van der Waals surface area contributed by atoms with Crippen LogP contribution in [0.5, 0.6) is 5.75 Å². The van der Waals surface area contributed by atoms with Crippen molar-refractivity contribution < 1.29 is 23.1 Å². The third kappa shape index (κ3) is 4.61. The average molecular weight is 539 g/mol. The molecule has 0 saturated carbocycles. The van der Waals surface area contributed by atoms with Gasteiger partial charge in [-0.25, -0.2) is 22.9 Å². The van der Waals surface area contributed by atoms with Gasteiger partial charge in [0.25, 0.3) is 5.56 Å². The zero-order valence-electron chi connectivity index (χ0n) is 20.7. The minimum Gasteiger partial charge on any atom is -0.496 e. The van der Waals surface area contributed by atoms with Gasteiger partial charge in [-0.05, 0) is 25.0 Å². The zero-order valence-corrected chi connectivity index (χ0v) is 21.5. The number of nitrogens with one attached hydrogen (secondary N) is 2. The van der Waals surface area contributed by atoms with Crippen LogP contribution in [0.25, 0.3) is 33.7 Å². The highest BCUT2D eigenvalue weighted by atomic mass is 32.2. The van der Waals surface area contributed by atoms with Gasteiger partial charge in [0.2, 0.25) is 10.0 Å². The first-order valence-electron chi connectivity index (χ1n) is 11.9. The maximum absolute atomic E-state index is 13.3. The van der Waals surface area contributed by atoms with Crippen LogP contribution in [0, 0.1) is 0 Å². The molecule has 1 aliphatic rings. The van der Waals surface area contributed by atoms with Gasteiger partial charge < -0.3 is 20.1 Å². The molecule has 0 unspecified atom stereocenters. The standard InChI is InChI=1S/C25H26N6O6S/c1-30-23-20(21(29-30)15-6-4-3-5-7-15)24(32)28-22(27-23)18-9-8-17(14-19(18)37-2)38(35,36)31-12-10-16(11-13-31)26-25(33)34/h3-9,14,16,26H,10-13H2,1-2H3,(H,33,34)(H,27,28,32). The molecule has 1 fully saturated rings. The number of rotatable bonds is 6. The summed E-state index contributed by atoms with van der Waals surface area (Å²) in [6.45, 7) is 0.375. The second kappa shape index (κ2) is 9.91. The van der Waals surface area contributed by atoms with Crippen LogP contribution in [0.2, 0.25) is 0 Å². The Morgan fingerprint density at radius 2 is 1.87 bits per heavy atom. The predicted octanol–water partition coefficient (Wildman–Crippen LogP) is 2.42. The SMILES string of the molecule is COc1cc(S(=O)(=O)N2CCC(NC(=O)O)CC2)ccc1-c1nc2c(c(-c3ccccc3)nn2C)c(=O)[nH]1. The monoisotopic (exact) mass is 538 g/mol. The van der Waals surface area contributed by atoms with Gasteiger partial charge in [0.1, 0.15) is 22.7 Å². The summed E-state index contributed by atoms with van der Waals surface area (Å²) >= 11 is 0. The molecule has 0 atom stereocenters. The minimum atomic E-state index is -3.85. The van der Waals surface area contributed by atoms with Crippen molar-refractivity contribution in [1.29, 1.82) is 0 Å². The van der Waals surface area contributed by atoms with Gasteiger partial charge in [0.15, 0.2) is 5.65 Å². The van der Waals surface area contributed by atoms with Crippen LogP contribution in [0.1, 0.15) is 12.8 Å². The molecule has 1 saturated heterocycles. The Kier molecular flexibility index (Phi) is 6.63. The fraction of sp³-hybridized carbons (Fsp3) is 0.280. The molecule has 0 spiro atoms. The fourth-order valence-electron chi connectivity index (χ4n) is 4.67. The number of H-pyrrole nitrogens is 1. The Morgan fingerprint density at radius 3 is 2.53 bits per heavy atom. The van der Waals surface area contributed by atoms with Crippen molar-refractivity contribution in [1.82, 2.24) is 29.4 Å². The van der Waals surface area contributed by atoms with Gasteiger partial charge in [0, 0.05) is 37.8 Å². The molecule has 198 valence electrons. The number of piperidine rings is 1. The number of ether oxygens (including phenoxy) is 1. The van der Waals surface area contributed by atoms with E-state index in [1.807, 2.05) is 30.3 Å². The van der Waals surface area contributed by atoms with E-state index in [1.165, 1.54) is 28.2 Å². The van der Waals surface area contributed by atoms with Crippen LogP contribution in [0.4, 0.5) is 4.79 Å². The maximum atomic E-state index is 13.3. The van der Waals surface area contributed by atoms with E-state index in [0.29, 0.717) is 35.1 Å². The first-order chi connectivity index (χ1) is 18.2. The maximum Gasteiger partial charge on any atom is 0.404 e. The first kappa shape index (κ1) is 25.4. The second-order valence-electron chi connectivity index (χ2n) is 8.94. The van der Waals surface area contributed by atoms with E-state index in [0.717, 1.165) is 5.56 Å². The third-order valence-corrected chi connectivity index (χ3v) is 8.48. The van der Waals surface area contributed by atoms with Gasteiger partial charge >= 0.3 is 6.09 Å². The summed E-state index contributed by atoms with van der Waals surface area (Å²) in [6, 6.07) is 13.4. The highest BCUT2D eigenvalue weighted by molar-refractivity contribution is 7.89. The highest BCUT2D eigenvalue weighted by Gasteiger charge is 2.31. The molecule has 0 aliphatic carbocycles. The van der Waals surface area contributed by atoms with Crippen LogP contribution in [-0.2, 0) is 17.1 Å². The molecule has 3 heterocycles. The van der Waals surface area contributed by atoms with E-state index >= 15 is 0 Å². The largest absolute Gasteiger partial charge is 0.496 e. The number of sulfonamides is 1. The number of carboxylic acid groups (broad SMARTS) is 1. The van der Waals surface area contributed by atoms with Gasteiger partial charge in [-0.1, -0.05) is 30.3 Å². The van der Waals surface area contributed by atoms with Crippen molar-refractivity contribution in [2.24, 2.45) is 7.05 Å². The van der Waals surface area contributed by atoms with Gasteiger partial charge in [-0.3, -0.25) is 4.79 Å². The average Bonchev–Trinajstić information content (AvgIpc) is 3.25. The van der Waals surface area contributed by atoms with E-state index in [1.54, 1.807) is 13.1 Å². The van der Waals surface area contributed by atoms with Crippen LogP contribution >= 0.6 is 0 Å². The van der Waals surface area contributed by atoms with E-state index in [-0.39, 0.29) is 41.2 Å².